The van der Waals surface area contributed by atoms with E-state index in [1.54, 1.807) is 0 Å². The van der Waals surface area contributed by atoms with Gasteiger partial charge in [0.2, 0.25) is 0 Å². The minimum atomic E-state index is 1.23. The molecule has 0 nitrogen and oxygen atoms in total. The maximum absolute atomic E-state index is 2.45. The van der Waals surface area contributed by atoms with Gasteiger partial charge in [-0.15, -0.1) is 0 Å². The molecule has 58 heavy (non-hydrogen) atoms. The molecule has 0 aliphatic carbocycles. The molecule has 0 N–H and O–H groups in total. The van der Waals surface area contributed by atoms with Crippen molar-refractivity contribution in [2.45, 2.75) is 0 Å². The first-order valence-electron chi connectivity index (χ1n) is 20.2. The van der Waals surface area contributed by atoms with E-state index in [2.05, 4.69) is 218 Å². The van der Waals surface area contributed by atoms with Crippen LogP contribution in [0.15, 0.2) is 218 Å². The van der Waals surface area contributed by atoms with Crippen LogP contribution in [0.2, 0.25) is 0 Å². The minimum Gasteiger partial charge on any atom is -0.0622 e. The molecule has 0 atom stereocenters. The van der Waals surface area contributed by atoms with Gasteiger partial charge in [0, 0.05) is 0 Å². The highest BCUT2D eigenvalue weighted by Crippen LogP contribution is 2.47. The molecule has 0 saturated carbocycles. The molecule has 0 saturated heterocycles. The fourth-order valence-electron chi connectivity index (χ4n) is 9.98. The average Bonchev–Trinajstić information content (AvgIpc) is 3.30. The molecule has 12 rings (SSSR count). The van der Waals surface area contributed by atoms with Crippen LogP contribution in [0, 0.1) is 0 Å². The fraction of sp³-hybridized carbons (Fsp3) is 0. The van der Waals surface area contributed by atoms with Crippen LogP contribution in [0.3, 0.4) is 0 Å². The van der Waals surface area contributed by atoms with Crippen molar-refractivity contribution in [2.24, 2.45) is 0 Å². The summed E-state index contributed by atoms with van der Waals surface area (Å²) < 4.78 is 0. The number of benzene rings is 12. The Morgan fingerprint density at radius 2 is 0.362 bits per heavy atom. The van der Waals surface area contributed by atoms with Gasteiger partial charge in [-0.05, 0) is 132 Å². The Balaban J connectivity index is 1.12. The topological polar surface area (TPSA) is 0 Å². The van der Waals surface area contributed by atoms with Crippen molar-refractivity contribution in [3.8, 4) is 44.5 Å². The molecular formula is C58H36. The number of hydrogen-bond donors (Lipinski definition) is 0. The second-order valence-electron chi connectivity index (χ2n) is 15.5. The van der Waals surface area contributed by atoms with Crippen LogP contribution in [-0.4, -0.2) is 0 Å². The van der Waals surface area contributed by atoms with E-state index in [0.717, 1.165) is 0 Å². The lowest BCUT2D eigenvalue weighted by molar-refractivity contribution is 1.66. The molecule has 0 heterocycles. The van der Waals surface area contributed by atoms with Crippen molar-refractivity contribution in [1.29, 1.82) is 0 Å². The van der Waals surface area contributed by atoms with Gasteiger partial charge in [0.05, 0.1) is 0 Å². The zero-order valence-corrected chi connectivity index (χ0v) is 31.8. The zero-order valence-electron chi connectivity index (χ0n) is 31.8. The first-order chi connectivity index (χ1) is 28.8. The largest absolute Gasteiger partial charge is 0.0622 e. The number of rotatable bonds is 4. The van der Waals surface area contributed by atoms with Gasteiger partial charge < -0.3 is 0 Å². The van der Waals surface area contributed by atoms with E-state index in [1.807, 2.05) is 0 Å². The van der Waals surface area contributed by atoms with E-state index in [4.69, 9.17) is 0 Å². The maximum atomic E-state index is 2.45. The van der Waals surface area contributed by atoms with Crippen LogP contribution in [0.4, 0.5) is 0 Å². The van der Waals surface area contributed by atoms with E-state index in [9.17, 15) is 0 Å². The van der Waals surface area contributed by atoms with Crippen LogP contribution in [0.1, 0.15) is 0 Å². The highest BCUT2D eigenvalue weighted by atomic mass is 14.2. The van der Waals surface area contributed by atoms with Crippen LogP contribution >= 0.6 is 0 Å². The van der Waals surface area contributed by atoms with Crippen molar-refractivity contribution in [1.82, 2.24) is 0 Å². The molecule has 0 radical (unpaired) electrons. The Labute approximate surface area is 336 Å². The predicted molar refractivity (Wildman–Crippen MR) is 251 cm³/mol. The van der Waals surface area contributed by atoms with E-state index < -0.39 is 0 Å². The van der Waals surface area contributed by atoms with Crippen LogP contribution in [0.25, 0.3) is 120 Å². The van der Waals surface area contributed by atoms with Gasteiger partial charge in [-0.3, -0.25) is 0 Å². The molecule has 12 aromatic rings. The van der Waals surface area contributed by atoms with Gasteiger partial charge in [-0.1, -0.05) is 206 Å². The monoisotopic (exact) mass is 732 g/mol. The molecule has 0 heteroatoms. The van der Waals surface area contributed by atoms with E-state index in [0.29, 0.717) is 0 Å². The smallest absolute Gasteiger partial charge is 0.00261 e. The third kappa shape index (κ3) is 4.89. The molecule has 0 amide bonds. The summed E-state index contributed by atoms with van der Waals surface area (Å²) in [4.78, 5) is 0. The van der Waals surface area contributed by atoms with Crippen molar-refractivity contribution >= 4 is 75.4 Å². The first-order valence-corrected chi connectivity index (χ1v) is 20.2. The third-order valence-corrected chi connectivity index (χ3v) is 12.4. The lowest BCUT2D eigenvalue weighted by Gasteiger charge is -2.19. The van der Waals surface area contributed by atoms with Gasteiger partial charge in [0.25, 0.3) is 0 Å². The third-order valence-electron chi connectivity index (χ3n) is 12.4. The molecule has 0 fully saturated rings. The molecule has 0 spiro atoms. The summed E-state index contributed by atoms with van der Waals surface area (Å²) in [6.45, 7) is 0. The summed E-state index contributed by atoms with van der Waals surface area (Å²) in [6.07, 6.45) is 0. The average molecular weight is 733 g/mol. The van der Waals surface area contributed by atoms with Crippen molar-refractivity contribution in [2.75, 3.05) is 0 Å². The quantitative estimate of drug-likeness (QED) is 0.125. The molecule has 268 valence electrons. The second-order valence-corrected chi connectivity index (χ2v) is 15.5. The molecule has 0 bridgehead atoms. The van der Waals surface area contributed by atoms with Crippen molar-refractivity contribution < 1.29 is 0 Å². The Bertz CT molecular complexity index is 3220. The highest BCUT2D eigenvalue weighted by molar-refractivity contribution is 6.29. The number of fused-ring (bicyclic) bond motifs is 10. The van der Waals surface area contributed by atoms with Crippen LogP contribution in [0.5, 0.6) is 0 Å². The minimum absolute atomic E-state index is 1.23. The van der Waals surface area contributed by atoms with Gasteiger partial charge in [0.15, 0.2) is 0 Å². The summed E-state index contributed by atoms with van der Waals surface area (Å²) in [5, 5.41) is 17.8. The molecule has 12 aromatic carbocycles. The summed E-state index contributed by atoms with van der Waals surface area (Å²) in [5.41, 5.74) is 10.1. The first kappa shape index (κ1) is 32.7. The maximum Gasteiger partial charge on any atom is -0.00261 e. The lowest BCUT2D eigenvalue weighted by Crippen LogP contribution is -1.92. The van der Waals surface area contributed by atoms with E-state index in [-0.39, 0.29) is 0 Å². The zero-order chi connectivity index (χ0) is 38.2. The second kappa shape index (κ2) is 13.0. The molecule has 0 unspecified atom stereocenters. The molecule has 0 aliphatic heterocycles. The number of hydrogen-bond acceptors (Lipinski definition) is 0. The summed E-state index contributed by atoms with van der Waals surface area (Å²) >= 11 is 0. The fourth-order valence-corrected chi connectivity index (χ4v) is 9.98. The van der Waals surface area contributed by atoms with Gasteiger partial charge in [0.1, 0.15) is 0 Å². The van der Waals surface area contributed by atoms with Crippen molar-refractivity contribution in [3.05, 3.63) is 218 Å². The lowest BCUT2D eigenvalue weighted by atomic mass is 9.84. The predicted octanol–water partition coefficient (Wildman–Crippen LogP) is 16.4. The summed E-state index contributed by atoms with van der Waals surface area (Å²) in [7, 11) is 0. The highest BCUT2D eigenvalue weighted by Gasteiger charge is 2.20. The van der Waals surface area contributed by atoms with Crippen LogP contribution in [-0.2, 0) is 0 Å². The Morgan fingerprint density at radius 3 is 0.655 bits per heavy atom. The van der Waals surface area contributed by atoms with Crippen molar-refractivity contribution in [3.63, 3.8) is 0 Å². The standard InChI is InChI=1S/C58H36/c1-3-17-37(18-4-1)55-45-23-9-13-27-49(45)57(50-28-14-10-24-46(50)55)39-31-33-43-44-34-32-40(36-54(44)42-22-8-7-21-41(42)53(43)35-39)58-51-29-15-11-25-47(51)56(38-19-5-2-6-20-38)48-26-12-16-30-52(48)58/h1-36H. The Morgan fingerprint density at radius 1 is 0.138 bits per heavy atom. The Hall–Kier alpha value is -7.54. The normalized spacial score (nSPS) is 11.8. The summed E-state index contributed by atoms with van der Waals surface area (Å²) in [5.74, 6) is 0. The SMILES string of the molecule is c1ccc(-c2c3ccccc3c(-c3ccc4c5ccc(-c6c7ccccc7c(-c7ccccc7)c7ccccc67)cc5c5ccccc5c4c3)c3ccccc23)cc1. The van der Waals surface area contributed by atoms with E-state index in [1.165, 1.54) is 120 Å². The molecule has 0 aromatic heterocycles. The van der Waals surface area contributed by atoms with Gasteiger partial charge in [-0.2, -0.15) is 0 Å². The molecular weight excluding hydrogens is 697 g/mol. The van der Waals surface area contributed by atoms with E-state index >= 15 is 0 Å². The summed E-state index contributed by atoms with van der Waals surface area (Å²) in [6, 6.07) is 80.8. The Kier molecular flexibility index (Phi) is 7.33. The van der Waals surface area contributed by atoms with Crippen LogP contribution < -0.4 is 0 Å². The van der Waals surface area contributed by atoms with Gasteiger partial charge >= 0.3 is 0 Å². The molecule has 0 aliphatic rings. The van der Waals surface area contributed by atoms with Gasteiger partial charge in [-0.25, -0.2) is 0 Å².